The molecule has 2 rings (SSSR count). The topological polar surface area (TPSA) is 99.5 Å². The number of carbonyl (C=O) groups excluding carboxylic acids is 3. The number of aromatic nitrogens is 2. The van der Waals surface area contributed by atoms with Crippen LogP contribution in [0.3, 0.4) is 0 Å². The molecule has 0 aliphatic carbocycles. The zero-order chi connectivity index (χ0) is 20.0. The Bertz CT molecular complexity index is 840. The Morgan fingerprint density at radius 1 is 1.15 bits per heavy atom. The van der Waals surface area contributed by atoms with Gasteiger partial charge >= 0.3 is 11.9 Å². The summed E-state index contributed by atoms with van der Waals surface area (Å²) in [7, 11) is 3.15. The number of amides is 1. The highest BCUT2D eigenvalue weighted by atomic mass is 16.5. The summed E-state index contributed by atoms with van der Waals surface area (Å²) >= 11 is 0. The van der Waals surface area contributed by atoms with Gasteiger partial charge in [0.15, 0.2) is 6.61 Å². The Morgan fingerprint density at radius 3 is 2.37 bits per heavy atom. The van der Waals surface area contributed by atoms with E-state index in [2.05, 4.69) is 15.2 Å². The molecule has 0 atom stereocenters. The molecular weight excluding hydrogens is 350 g/mol. The monoisotopic (exact) mass is 373 g/mol. The van der Waals surface area contributed by atoms with Gasteiger partial charge in [0.1, 0.15) is 0 Å². The van der Waals surface area contributed by atoms with Gasteiger partial charge in [-0.2, -0.15) is 5.10 Å². The molecule has 0 radical (unpaired) electrons. The van der Waals surface area contributed by atoms with Gasteiger partial charge in [0, 0.05) is 24.8 Å². The van der Waals surface area contributed by atoms with Gasteiger partial charge < -0.3 is 14.8 Å². The van der Waals surface area contributed by atoms with Crippen molar-refractivity contribution in [1.29, 1.82) is 0 Å². The zero-order valence-electron chi connectivity index (χ0n) is 15.9. The maximum atomic E-state index is 11.9. The third-order valence-corrected chi connectivity index (χ3v) is 4.19. The van der Waals surface area contributed by atoms with Crippen LogP contribution in [0, 0.1) is 13.8 Å². The molecule has 8 nitrogen and oxygen atoms in total. The summed E-state index contributed by atoms with van der Waals surface area (Å²) in [6.07, 6.45) is 0.690. The second-order valence-corrected chi connectivity index (χ2v) is 6.05. The number of aryl methyl sites for hydroxylation is 2. The summed E-state index contributed by atoms with van der Waals surface area (Å²) in [5.74, 6) is -1.36. The second-order valence-electron chi connectivity index (χ2n) is 6.05. The summed E-state index contributed by atoms with van der Waals surface area (Å²) in [6.45, 7) is 3.47. The standard InChI is InChI=1S/C19H23N3O5/c1-12-16(13(2)22(3)21-12)9-10-18(24)27-11-17(23)20-15-7-5-14(6-8-15)19(25)26-4/h5-8H,9-11H2,1-4H3,(H,20,23). The average molecular weight is 373 g/mol. The van der Waals surface area contributed by atoms with Crippen molar-refractivity contribution in [2.24, 2.45) is 7.05 Å². The predicted octanol–water partition coefficient (Wildman–Crippen LogP) is 1.94. The fourth-order valence-electron chi connectivity index (χ4n) is 2.63. The van der Waals surface area contributed by atoms with E-state index in [0.29, 0.717) is 17.7 Å². The third kappa shape index (κ3) is 5.40. The quantitative estimate of drug-likeness (QED) is 0.745. The zero-order valence-corrected chi connectivity index (χ0v) is 15.9. The molecule has 27 heavy (non-hydrogen) atoms. The lowest BCUT2D eigenvalue weighted by atomic mass is 10.1. The molecule has 1 aromatic heterocycles. The molecule has 0 fully saturated rings. The number of nitrogens with zero attached hydrogens (tertiary/aromatic N) is 2. The highest BCUT2D eigenvalue weighted by Crippen LogP contribution is 2.14. The van der Waals surface area contributed by atoms with Gasteiger partial charge in [0.25, 0.3) is 5.91 Å². The van der Waals surface area contributed by atoms with Crippen molar-refractivity contribution in [2.45, 2.75) is 26.7 Å². The normalized spacial score (nSPS) is 10.4. The molecule has 8 heteroatoms. The SMILES string of the molecule is COC(=O)c1ccc(NC(=O)COC(=O)CCc2c(C)nn(C)c2C)cc1. The smallest absolute Gasteiger partial charge is 0.337 e. The molecule has 1 N–H and O–H groups in total. The first-order chi connectivity index (χ1) is 12.8. The van der Waals surface area contributed by atoms with Gasteiger partial charge in [0.05, 0.1) is 18.4 Å². The van der Waals surface area contributed by atoms with E-state index in [9.17, 15) is 14.4 Å². The number of ether oxygens (including phenoxy) is 2. The minimum Gasteiger partial charge on any atom is -0.465 e. The van der Waals surface area contributed by atoms with Crippen molar-refractivity contribution in [2.75, 3.05) is 19.0 Å². The lowest BCUT2D eigenvalue weighted by Gasteiger charge is -2.07. The number of esters is 2. The van der Waals surface area contributed by atoms with Gasteiger partial charge in [-0.25, -0.2) is 4.79 Å². The first-order valence-electron chi connectivity index (χ1n) is 8.44. The first-order valence-corrected chi connectivity index (χ1v) is 8.44. The average Bonchev–Trinajstić information content (AvgIpc) is 2.90. The lowest BCUT2D eigenvalue weighted by molar-refractivity contribution is -0.147. The van der Waals surface area contributed by atoms with Crippen molar-refractivity contribution in [1.82, 2.24) is 9.78 Å². The largest absolute Gasteiger partial charge is 0.465 e. The molecule has 2 aromatic rings. The van der Waals surface area contributed by atoms with Crippen LogP contribution >= 0.6 is 0 Å². The Kier molecular flexibility index (Phi) is 6.70. The van der Waals surface area contributed by atoms with Crippen LogP contribution in [0.5, 0.6) is 0 Å². The Labute approximate surface area is 157 Å². The number of hydrogen-bond acceptors (Lipinski definition) is 6. The highest BCUT2D eigenvalue weighted by molar-refractivity contribution is 5.94. The van der Waals surface area contributed by atoms with Gasteiger partial charge in [-0.1, -0.05) is 0 Å². The van der Waals surface area contributed by atoms with Crippen molar-refractivity contribution >= 4 is 23.5 Å². The Morgan fingerprint density at radius 2 is 1.81 bits per heavy atom. The van der Waals surface area contributed by atoms with Crippen molar-refractivity contribution < 1.29 is 23.9 Å². The van der Waals surface area contributed by atoms with E-state index in [-0.39, 0.29) is 13.0 Å². The fraction of sp³-hybridized carbons (Fsp3) is 0.368. The molecule has 1 heterocycles. The maximum absolute atomic E-state index is 11.9. The summed E-state index contributed by atoms with van der Waals surface area (Å²) in [4.78, 5) is 35.1. The number of methoxy groups -OCH3 is 1. The number of rotatable bonds is 7. The van der Waals surface area contributed by atoms with Crippen molar-refractivity contribution in [3.05, 3.63) is 46.8 Å². The third-order valence-electron chi connectivity index (χ3n) is 4.19. The van der Waals surface area contributed by atoms with Gasteiger partial charge in [0.2, 0.25) is 0 Å². The summed E-state index contributed by atoms with van der Waals surface area (Å²) in [5.41, 5.74) is 3.78. The second kappa shape index (κ2) is 8.98. The van der Waals surface area contributed by atoms with Crippen LogP contribution in [0.15, 0.2) is 24.3 Å². The Balaban J connectivity index is 1.77. The molecule has 144 valence electrons. The first kappa shape index (κ1) is 20.2. The molecule has 0 bridgehead atoms. The van der Waals surface area contributed by atoms with E-state index >= 15 is 0 Å². The number of anilines is 1. The molecule has 0 aliphatic heterocycles. The van der Waals surface area contributed by atoms with E-state index < -0.39 is 17.8 Å². The molecular formula is C19H23N3O5. The summed E-state index contributed by atoms with van der Waals surface area (Å²) in [5, 5.41) is 6.90. The highest BCUT2D eigenvalue weighted by Gasteiger charge is 2.13. The van der Waals surface area contributed by atoms with E-state index in [0.717, 1.165) is 17.0 Å². The van der Waals surface area contributed by atoms with Crippen LogP contribution in [0.2, 0.25) is 0 Å². The molecule has 0 aliphatic rings. The minimum atomic E-state index is -0.458. The van der Waals surface area contributed by atoms with E-state index in [1.165, 1.54) is 19.2 Å². The number of carbonyl (C=O) groups is 3. The van der Waals surface area contributed by atoms with Crippen LogP contribution in [0.25, 0.3) is 0 Å². The molecule has 0 unspecified atom stereocenters. The fourth-order valence-corrected chi connectivity index (χ4v) is 2.63. The number of nitrogens with one attached hydrogen (secondary N) is 1. The van der Waals surface area contributed by atoms with Crippen molar-refractivity contribution in [3.8, 4) is 0 Å². The molecule has 1 aromatic carbocycles. The van der Waals surface area contributed by atoms with Crippen LogP contribution in [-0.2, 0) is 32.5 Å². The van der Waals surface area contributed by atoms with Crippen molar-refractivity contribution in [3.63, 3.8) is 0 Å². The summed E-state index contributed by atoms with van der Waals surface area (Å²) in [6, 6.07) is 6.21. The molecule has 0 saturated heterocycles. The summed E-state index contributed by atoms with van der Waals surface area (Å²) < 4.78 is 11.4. The minimum absolute atomic E-state index is 0.175. The maximum Gasteiger partial charge on any atom is 0.337 e. The number of benzene rings is 1. The lowest BCUT2D eigenvalue weighted by Crippen LogP contribution is -2.21. The molecule has 1 amide bonds. The molecule has 0 spiro atoms. The van der Waals surface area contributed by atoms with Crippen LogP contribution in [-0.4, -0.2) is 41.3 Å². The molecule has 0 saturated carbocycles. The number of hydrogen-bond donors (Lipinski definition) is 1. The van der Waals surface area contributed by atoms with Crippen LogP contribution in [0.1, 0.15) is 33.7 Å². The van der Waals surface area contributed by atoms with Gasteiger partial charge in [-0.05, 0) is 50.1 Å². The van der Waals surface area contributed by atoms with E-state index in [4.69, 9.17) is 4.74 Å². The van der Waals surface area contributed by atoms with E-state index in [1.54, 1.807) is 16.8 Å². The Hall–Kier alpha value is -3.16. The van der Waals surface area contributed by atoms with Crippen LogP contribution in [0.4, 0.5) is 5.69 Å². The van der Waals surface area contributed by atoms with Gasteiger partial charge in [-0.3, -0.25) is 14.3 Å². The van der Waals surface area contributed by atoms with Gasteiger partial charge in [-0.15, -0.1) is 0 Å². The van der Waals surface area contributed by atoms with E-state index in [1.807, 2.05) is 20.9 Å². The van der Waals surface area contributed by atoms with Crippen LogP contribution < -0.4 is 5.32 Å². The predicted molar refractivity (Wildman–Crippen MR) is 98.4 cm³/mol.